The van der Waals surface area contributed by atoms with Crippen molar-refractivity contribution >= 4 is 5.91 Å². The zero-order valence-corrected chi connectivity index (χ0v) is 12.2. The van der Waals surface area contributed by atoms with E-state index in [9.17, 15) is 4.79 Å². The summed E-state index contributed by atoms with van der Waals surface area (Å²) in [6, 6.07) is 1.60. The summed E-state index contributed by atoms with van der Waals surface area (Å²) in [4.78, 5) is 14.9. The Morgan fingerprint density at radius 2 is 1.68 bits per heavy atom. The maximum Gasteiger partial charge on any atom is 0.224 e. The van der Waals surface area contributed by atoms with Crippen molar-refractivity contribution in [1.29, 1.82) is 0 Å². The van der Waals surface area contributed by atoms with E-state index in [-0.39, 0.29) is 0 Å². The molecular weight excluding hydrogens is 236 g/mol. The zero-order valence-electron chi connectivity index (χ0n) is 12.2. The molecule has 1 N–H and O–H groups in total. The number of nitrogens with zero attached hydrogens (tertiary/aromatic N) is 1. The fourth-order valence-electron chi connectivity index (χ4n) is 3.83. The molecule has 3 fully saturated rings. The lowest BCUT2D eigenvalue weighted by Crippen LogP contribution is -2.45. The molecule has 3 heteroatoms. The molecule has 108 valence electrons. The second-order valence-corrected chi connectivity index (χ2v) is 6.94. The fourth-order valence-corrected chi connectivity index (χ4v) is 3.83. The standard InChI is InChI=1S/C16H28N2O/c1-12-4-6-14(7-5-12)18(15-8-9-15)16(19)11-13-3-2-10-17-13/h12-15,17H,2-11H2,1H3. The largest absolute Gasteiger partial charge is 0.337 e. The van der Waals surface area contributed by atoms with Gasteiger partial charge in [-0.25, -0.2) is 0 Å². The number of nitrogens with one attached hydrogen (secondary N) is 1. The van der Waals surface area contributed by atoms with E-state index in [1.54, 1.807) is 0 Å². The second kappa shape index (κ2) is 5.82. The first-order valence-electron chi connectivity index (χ1n) is 8.28. The van der Waals surface area contributed by atoms with Gasteiger partial charge < -0.3 is 10.2 Å². The van der Waals surface area contributed by atoms with Crippen LogP contribution in [0.25, 0.3) is 0 Å². The summed E-state index contributed by atoms with van der Waals surface area (Å²) in [5, 5.41) is 3.46. The van der Waals surface area contributed by atoms with E-state index in [1.807, 2.05) is 0 Å². The van der Waals surface area contributed by atoms with Crippen molar-refractivity contribution in [2.75, 3.05) is 6.54 Å². The molecule has 0 aromatic rings. The van der Waals surface area contributed by atoms with E-state index in [1.165, 1.54) is 51.4 Å². The van der Waals surface area contributed by atoms with Crippen LogP contribution >= 0.6 is 0 Å². The minimum atomic E-state index is 0.432. The SMILES string of the molecule is CC1CCC(N(C(=O)CC2CCCN2)C2CC2)CC1. The van der Waals surface area contributed by atoms with E-state index < -0.39 is 0 Å². The molecule has 3 nitrogen and oxygen atoms in total. The summed E-state index contributed by atoms with van der Waals surface area (Å²) in [6.07, 6.45) is 10.7. The minimum Gasteiger partial charge on any atom is -0.337 e. The van der Waals surface area contributed by atoms with Crippen LogP contribution in [0.15, 0.2) is 0 Å². The van der Waals surface area contributed by atoms with E-state index >= 15 is 0 Å². The second-order valence-electron chi connectivity index (χ2n) is 6.94. The molecule has 1 atom stereocenters. The summed E-state index contributed by atoms with van der Waals surface area (Å²) in [5.74, 6) is 1.30. The van der Waals surface area contributed by atoms with Crippen molar-refractivity contribution in [2.45, 2.75) is 82.8 Å². The van der Waals surface area contributed by atoms with Crippen LogP contribution in [0.4, 0.5) is 0 Å². The Morgan fingerprint density at radius 3 is 2.21 bits per heavy atom. The van der Waals surface area contributed by atoms with Crippen molar-refractivity contribution in [3.05, 3.63) is 0 Å². The van der Waals surface area contributed by atoms with Crippen molar-refractivity contribution < 1.29 is 4.79 Å². The first-order chi connectivity index (χ1) is 9.24. The summed E-state index contributed by atoms with van der Waals surface area (Å²) in [6.45, 7) is 3.45. The quantitative estimate of drug-likeness (QED) is 0.846. The van der Waals surface area contributed by atoms with Crippen LogP contribution < -0.4 is 5.32 Å². The van der Waals surface area contributed by atoms with Gasteiger partial charge in [0.05, 0.1) is 0 Å². The normalized spacial score (nSPS) is 35.3. The number of carbonyl (C=O) groups excluding carboxylic acids is 1. The Balaban J connectivity index is 1.58. The summed E-state index contributed by atoms with van der Waals surface area (Å²) < 4.78 is 0. The van der Waals surface area contributed by atoms with Gasteiger partial charge in [0.2, 0.25) is 5.91 Å². The van der Waals surface area contributed by atoms with Gasteiger partial charge in [0, 0.05) is 24.5 Å². The summed E-state index contributed by atoms with van der Waals surface area (Å²) in [5.41, 5.74) is 0. The molecule has 1 saturated heterocycles. The third-order valence-corrected chi connectivity index (χ3v) is 5.19. The molecule has 1 amide bonds. The van der Waals surface area contributed by atoms with E-state index in [0.29, 0.717) is 24.0 Å². The van der Waals surface area contributed by atoms with Gasteiger partial charge in [-0.15, -0.1) is 0 Å². The number of rotatable bonds is 4. The van der Waals surface area contributed by atoms with Gasteiger partial charge in [0.25, 0.3) is 0 Å². The van der Waals surface area contributed by atoms with E-state index in [0.717, 1.165) is 18.9 Å². The fraction of sp³-hybridized carbons (Fsp3) is 0.938. The van der Waals surface area contributed by atoms with Gasteiger partial charge in [-0.05, 0) is 63.8 Å². The molecule has 1 heterocycles. The molecule has 1 aliphatic heterocycles. The predicted octanol–water partition coefficient (Wildman–Crippen LogP) is 2.70. The molecular formula is C16H28N2O. The van der Waals surface area contributed by atoms with Crippen molar-refractivity contribution in [3.63, 3.8) is 0 Å². The number of hydrogen-bond acceptors (Lipinski definition) is 2. The third kappa shape index (κ3) is 3.31. The summed E-state index contributed by atoms with van der Waals surface area (Å²) >= 11 is 0. The lowest BCUT2D eigenvalue weighted by atomic mass is 9.86. The van der Waals surface area contributed by atoms with Crippen molar-refractivity contribution in [1.82, 2.24) is 10.2 Å². The monoisotopic (exact) mass is 264 g/mol. The van der Waals surface area contributed by atoms with Crippen LogP contribution in [0.2, 0.25) is 0 Å². The first kappa shape index (κ1) is 13.4. The molecule has 0 aromatic carbocycles. The van der Waals surface area contributed by atoms with Crippen LogP contribution in [0.3, 0.4) is 0 Å². The Kier molecular flexibility index (Phi) is 4.11. The highest BCUT2D eigenvalue weighted by Gasteiger charge is 2.38. The minimum absolute atomic E-state index is 0.432. The average molecular weight is 264 g/mol. The number of hydrogen-bond donors (Lipinski definition) is 1. The summed E-state index contributed by atoms with van der Waals surface area (Å²) in [7, 11) is 0. The van der Waals surface area contributed by atoms with Crippen LogP contribution in [0.1, 0.15) is 64.7 Å². The van der Waals surface area contributed by atoms with Crippen LogP contribution in [-0.4, -0.2) is 35.5 Å². The van der Waals surface area contributed by atoms with Crippen molar-refractivity contribution in [2.24, 2.45) is 5.92 Å². The van der Waals surface area contributed by atoms with Crippen LogP contribution in [0.5, 0.6) is 0 Å². The smallest absolute Gasteiger partial charge is 0.224 e. The number of amides is 1. The highest BCUT2D eigenvalue weighted by molar-refractivity contribution is 5.78. The third-order valence-electron chi connectivity index (χ3n) is 5.19. The lowest BCUT2D eigenvalue weighted by Gasteiger charge is -2.37. The first-order valence-corrected chi connectivity index (χ1v) is 8.28. The average Bonchev–Trinajstić information content (AvgIpc) is 3.09. The highest BCUT2D eigenvalue weighted by atomic mass is 16.2. The Morgan fingerprint density at radius 1 is 1.05 bits per heavy atom. The molecule has 2 aliphatic carbocycles. The molecule has 0 spiro atoms. The van der Waals surface area contributed by atoms with Gasteiger partial charge in [0.15, 0.2) is 0 Å². The molecule has 0 bridgehead atoms. The predicted molar refractivity (Wildman–Crippen MR) is 76.9 cm³/mol. The Bertz CT molecular complexity index is 313. The number of carbonyl (C=O) groups is 1. The zero-order chi connectivity index (χ0) is 13.2. The molecule has 3 aliphatic rings. The van der Waals surface area contributed by atoms with Crippen molar-refractivity contribution in [3.8, 4) is 0 Å². The maximum atomic E-state index is 12.6. The van der Waals surface area contributed by atoms with E-state index in [2.05, 4.69) is 17.1 Å². The molecule has 0 aromatic heterocycles. The Hall–Kier alpha value is -0.570. The van der Waals surface area contributed by atoms with Crippen LogP contribution in [-0.2, 0) is 4.79 Å². The van der Waals surface area contributed by atoms with Gasteiger partial charge in [0.1, 0.15) is 0 Å². The molecule has 19 heavy (non-hydrogen) atoms. The Labute approximate surface area is 117 Å². The lowest BCUT2D eigenvalue weighted by molar-refractivity contribution is -0.135. The van der Waals surface area contributed by atoms with Crippen LogP contribution in [0, 0.1) is 5.92 Å². The van der Waals surface area contributed by atoms with Gasteiger partial charge in [-0.2, -0.15) is 0 Å². The maximum absolute atomic E-state index is 12.6. The highest BCUT2D eigenvalue weighted by Crippen LogP contribution is 2.36. The van der Waals surface area contributed by atoms with E-state index in [4.69, 9.17) is 0 Å². The van der Waals surface area contributed by atoms with Gasteiger partial charge in [-0.3, -0.25) is 4.79 Å². The topological polar surface area (TPSA) is 32.3 Å². The van der Waals surface area contributed by atoms with Gasteiger partial charge in [-0.1, -0.05) is 6.92 Å². The molecule has 1 unspecified atom stereocenters. The molecule has 3 rings (SSSR count). The van der Waals surface area contributed by atoms with Gasteiger partial charge >= 0.3 is 0 Å². The molecule has 2 saturated carbocycles. The molecule has 0 radical (unpaired) electrons.